The zero-order valence-electron chi connectivity index (χ0n) is 15.5. The second-order valence-electron chi connectivity index (χ2n) is 7.58. The number of ether oxygens (including phenoxy) is 1. The van der Waals surface area contributed by atoms with Gasteiger partial charge in [0.1, 0.15) is 0 Å². The van der Waals surface area contributed by atoms with Crippen molar-refractivity contribution in [2.75, 3.05) is 26.2 Å². The van der Waals surface area contributed by atoms with Crippen LogP contribution in [0.25, 0.3) is 0 Å². The number of carbonyl (C=O) groups is 2. The maximum Gasteiger partial charge on any atom is 0.317 e. The van der Waals surface area contributed by atoms with Gasteiger partial charge < -0.3 is 20.3 Å². The van der Waals surface area contributed by atoms with Gasteiger partial charge in [0.25, 0.3) is 0 Å². The molecule has 142 valence electrons. The van der Waals surface area contributed by atoms with Gasteiger partial charge in [0.05, 0.1) is 11.5 Å². The molecule has 0 saturated carbocycles. The first-order valence-electron chi connectivity index (χ1n) is 9.53. The van der Waals surface area contributed by atoms with E-state index in [4.69, 9.17) is 4.74 Å². The van der Waals surface area contributed by atoms with Crippen molar-refractivity contribution in [3.8, 4) is 0 Å². The number of nitrogens with zero attached hydrogens (tertiary/aromatic N) is 1. The molecule has 6 heteroatoms. The van der Waals surface area contributed by atoms with E-state index in [0.717, 1.165) is 37.9 Å². The molecule has 2 aliphatic heterocycles. The molecular weight excluding hydrogens is 330 g/mol. The highest BCUT2D eigenvalue weighted by Crippen LogP contribution is 2.30. The van der Waals surface area contributed by atoms with Crippen LogP contribution in [0.1, 0.15) is 38.2 Å². The summed E-state index contributed by atoms with van der Waals surface area (Å²) in [6, 6.07) is 9.78. The summed E-state index contributed by atoms with van der Waals surface area (Å²) in [6.45, 7) is 4.94. The lowest BCUT2D eigenvalue weighted by molar-refractivity contribution is -0.132. The molecule has 3 rings (SSSR count). The minimum atomic E-state index is -0.547. The Morgan fingerprint density at radius 1 is 1.23 bits per heavy atom. The molecular formula is C20H29N3O3. The highest BCUT2D eigenvalue weighted by Gasteiger charge is 2.39. The van der Waals surface area contributed by atoms with Crippen LogP contribution in [-0.2, 0) is 16.1 Å². The molecule has 3 amide bonds. The van der Waals surface area contributed by atoms with Crippen LogP contribution in [0.5, 0.6) is 0 Å². The number of amides is 3. The van der Waals surface area contributed by atoms with Crippen LogP contribution in [0.4, 0.5) is 4.79 Å². The van der Waals surface area contributed by atoms with E-state index in [1.807, 2.05) is 37.3 Å². The number of hydrogen-bond donors (Lipinski definition) is 2. The third-order valence-electron chi connectivity index (χ3n) is 5.33. The van der Waals surface area contributed by atoms with Crippen molar-refractivity contribution in [3.05, 3.63) is 35.9 Å². The van der Waals surface area contributed by atoms with Gasteiger partial charge in [-0.2, -0.15) is 0 Å². The molecule has 26 heavy (non-hydrogen) atoms. The summed E-state index contributed by atoms with van der Waals surface area (Å²) < 4.78 is 5.55. The van der Waals surface area contributed by atoms with E-state index < -0.39 is 5.41 Å². The number of hydrogen-bond acceptors (Lipinski definition) is 3. The smallest absolute Gasteiger partial charge is 0.317 e. The summed E-state index contributed by atoms with van der Waals surface area (Å²) >= 11 is 0. The average Bonchev–Trinajstić information content (AvgIpc) is 3.18. The van der Waals surface area contributed by atoms with E-state index in [1.165, 1.54) is 0 Å². The molecule has 2 saturated heterocycles. The summed E-state index contributed by atoms with van der Waals surface area (Å²) in [5.41, 5.74) is 0.528. The molecule has 2 N–H and O–H groups in total. The van der Waals surface area contributed by atoms with Gasteiger partial charge >= 0.3 is 6.03 Å². The topological polar surface area (TPSA) is 70.7 Å². The maximum atomic E-state index is 12.7. The number of piperidine rings is 1. The fourth-order valence-corrected chi connectivity index (χ4v) is 3.71. The Labute approximate surface area is 155 Å². The number of rotatable bonds is 5. The Morgan fingerprint density at radius 3 is 2.77 bits per heavy atom. The average molecular weight is 359 g/mol. The molecule has 2 fully saturated rings. The van der Waals surface area contributed by atoms with E-state index in [9.17, 15) is 9.59 Å². The zero-order chi connectivity index (χ0) is 18.4. The minimum Gasteiger partial charge on any atom is -0.376 e. The number of benzene rings is 1. The summed E-state index contributed by atoms with van der Waals surface area (Å²) in [6.07, 6.45) is 3.82. The molecule has 0 aromatic heterocycles. The first-order chi connectivity index (χ1) is 12.6. The highest BCUT2D eigenvalue weighted by molar-refractivity contribution is 5.84. The molecule has 0 radical (unpaired) electrons. The van der Waals surface area contributed by atoms with Crippen molar-refractivity contribution in [1.82, 2.24) is 15.5 Å². The quantitative estimate of drug-likeness (QED) is 0.847. The predicted molar refractivity (Wildman–Crippen MR) is 99.6 cm³/mol. The summed E-state index contributed by atoms with van der Waals surface area (Å²) in [5, 5.41) is 5.99. The summed E-state index contributed by atoms with van der Waals surface area (Å²) in [7, 11) is 0. The fourth-order valence-electron chi connectivity index (χ4n) is 3.71. The highest BCUT2D eigenvalue weighted by atomic mass is 16.5. The molecule has 2 heterocycles. The van der Waals surface area contributed by atoms with Crippen LogP contribution in [0, 0.1) is 5.41 Å². The Balaban J connectivity index is 1.50. The molecule has 0 bridgehead atoms. The van der Waals surface area contributed by atoms with Gasteiger partial charge in [-0.3, -0.25) is 4.79 Å². The van der Waals surface area contributed by atoms with Gasteiger partial charge in [-0.1, -0.05) is 30.3 Å². The Hall–Kier alpha value is -2.08. The van der Waals surface area contributed by atoms with Gasteiger partial charge in [-0.25, -0.2) is 4.79 Å². The SMILES string of the molecule is CC1(C(=O)NCc2ccccc2)CCCN(C(=O)NCC2CCCO2)C1. The summed E-state index contributed by atoms with van der Waals surface area (Å²) in [5.74, 6) is 0.0120. The van der Waals surface area contributed by atoms with Gasteiger partial charge in [-0.05, 0) is 38.2 Å². The molecule has 2 atom stereocenters. The normalized spacial score (nSPS) is 25.7. The van der Waals surface area contributed by atoms with E-state index in [2.05, 4.69) is 10.6 Å². The van der Waals surface area contributed by atoms with Gasteiger partial charge in [0.15, 0.2) is 0 Å². The van der Waals surface area contributed by atoms with Crippen LogP contribution in [0.15, 0.2) is 30.3 Å². The molecule has 1 aromatic rings. The van der Waals surface area contributed by atoms with Crippen LogP contribution >= 0.6 is 0 Å². The first-order valence-corrected chi connectivity index (χ1v) is 9.53. The fraction of sp³-hybridized carbons (Fsp3) is 0.600. The Bertz CT molecular complexity index is 616. The third kappa shape index (κ3) is 4.75. The van der Waals surface area contributed by atoms with Gasteiger partial charge in [0, 0.05) is 32.8 Å². The van der Waals surface area contributed by atoms with E-state index in [1.54, 1.807) is 4.90 Å². The van der Waals surface area contributed by atoms with Crippen molar-refractivity contribution in [1.29, 1.82) is 0 Å². The third-order valence-corrected chi connectivity index (χ3v) is 5.33. The van der Waals surface area contributed by atoms with Crippen molar-refractivity contribution in [2.24, 2.45) is 5.41 Å². The molecule has 2 aliphatic rings. The zero-order valence-corrected chi connectivity index (χ0v) is 15.5. The van der Waals surface area contributed by atoms with Crippen molar-refractivity contribution < 1.29 is 14.3 Å². The van der Waals surface area contributed by atoms with Crippen LogP contribution in [0.2, 0.25) is 0 Å². The monoisotopic (exact) mass is 359 g/mol. The van der Waals surface area contributed by atoms with Crippen molar-refractivity contribution >= 4 is 11.9 Å². The second kappa shape index (κ2) is 8.54. The van der Waals surface area contributed by atoms with Crippen molar-refractivity contribution in [3.63, 3.8) is 0 Å². The largest absolute Gasteiger partial charge is 0.376 e. The van der Waals surface area contributed by atoms with E-state index in [-0.39, 0.29) is 18.0 Å². The van der Waals surface area contributed by atoms with Crippen LogP contribution < -0.4 is 10.6 Å². The standard InChI is InChI=1S/C20H29N3O3/c1-20(18(24)21-13-16-7-3-2-4-8-16)10-6-11-23(15-20)19(25)22-14-17-9-5-12-26-17/h2-4,7-8,17H,5-6,9-15H2,1H3,(H,21,24)(H,22,25). The number of nitrogens with one attached hydrogen (secondary N) is 2. The van der Waals surface area contributed by atoms with E-state index in [0.29, 0.717) is 26.2 Å². The Kier molecular flexibility index (Phi) is 6.14. The molecule has 0 aliphatic carbocycles. The molecule has 0 spiro atoms. The maximum absolute atomic E-state index is 12.7. The van der Waals surface area contributed by atoms with Crippen molar-refractivity contribution in [2.45, 2.75) is 45.3 Å². The van der Waals surface area contributed by atoms with Crippen LogP contribution in [-0.4, -0.2) is 49.2 Å². The lowest BCUT2D eigenvalue weighted by Gasteiger charge is -2.39. The van der Waals surface area contributed by atoms with Crippen LogP contribution in [0.3, 0.4) is 0 Å². The molecule has 1 aromatic carbocycles. The predicted octanol–water partition coefficient (Wildman–Crippen LogP) is 2.29. The minimum absolute atomic E-state index is 0.0120. The number of urea groups is 1. The lowest BCUT2D eigenvalue weighted by Crippen LogP contribution is -2.54. The van der Waals surface area contributed by atoms with Gasteiger partial charge in [0.2, 0.25) is 5.91 Å². The first kappa shape index (κ1) is 18.7. The number of carbonyl (C=O) groups excluding carboxylic acids is 2. The number of likely N-dealkylation sites (tertiary alicyclic amines) is 1. The summed E-state index contributed by atoms with van der Waals surface area (Å²) in [4.78, 5) is 27.0. The second-order valence-corrected chi connectivity index (χ2v) is 7.58. The van der Waals surface area contributed by atoms with E-state index >= 15 is 0 Å². The molecule has 6 nitrogen and oxygen atoms in total. The lowest BCUT2D eigenvalue weighted by atomic mass is 9.81. The Morgan fingerprint density at radius 2 is 2.04 bits per heavy atom. The molecule has 2 unspecified atom stereocenters. The van der Waals surface area contributed by atoms with Gasteiger partial charge in [-0.15, -0.1) is 0 Å².